The summed E-state index contributed by atoms with van der Waals surface area (Å²) in [6.07, 6.45) is 3.32. The van der Waals surface area contributed by atoms with E-state index in [4.69, 9.17) is 0 Å². The van der Waals surface area contributed by atoms with Crippen molar-refractivity contribution in [3.8, 4) is 0 Å². The van der Waals surface area contributed by atoms with Crippen LogP contribution in [-0.2, 0) is 16.6 Å². The van der Waals surface area contributed by atoms with E-state index in [1.54, 1.807) is 6.20 Å². The highest BCUT2D eigenvalue weighted by Gasteiger charge is 2.17. The Morgan fingerprint density at radius 1 is 1.38 bits per heavy atom. The standard InChI is InChI=1S/C10H19N3O2S/c1-4-6-11-16(14,15)10-8-13(7-5-2)9(3)12-10/h8,11H,4-7H2,1-3H3. The van der Waals surface area contributed by atoms with Gasteiger partial charge in [-0.05, 0) is 19.8 Å². The molecular weight excluding hydrogens is 226 g/mol. The number of nitrogens with zero attached hydrogens (tertiary/aromatic N) is 2. The summed E-state index contributed by atoms with van der Waals surface area (Å²) in [6, 6.07) is 0. The van der Waals surface area contributed by atoms with E-state index < -0.39 is 10.0 Å². The number of hydrogen-bond acceptors (Lipinski definition) is 3. The van der Waals surface area contributed by atoms with Crippen molar-refractivity contribution in [2.24, 2.45) is 0 Å². The predicted octanol–water partition coefficient (Wildman–Crippen LogP) is 1.29. The zero-order chi connectivity index (χ0) is 12.2. The van der Waals surface area contributed by atoms with Crippen LogP contribution in [-0.4, -0.2) is 24.5 Å². The number of aromatic nitrogens is 2. The average molecular weight is 245 g/mol. The predicted molar refractivity (Wildman–Crippen MR) is 62.7 cm³/mol. The summed E-state index contributed by atoms with van der Waals surface area (Å²) in [5.74, 6) is 0.735. The van der Waals surface area contributed by atoms with Crippen LogP contribution in [0, 0.1) is 6.92 Å². The average Bonchev–Trinajstić information content (AvgIpc) is 2.59. The number of rotatable bonds is 6. The quantitative estimate of drug-likeness (QED) is 0.821. The summed E-state index contributed by atoms with van der Waals surface area (Å²) in [6.45, 7) is 7.02. The Morgan fingerprint density at radius 2 is 2.06 bits per heavy atom. The van der Waals surface area contributed by atoms with Gasteiger partial charge in [0.1, 0.15) is 5.82 Å². The Labute approximate surface area is 96.9 Å². The number of nitrogens with one attached hydrogen (secondary N) is 1. The van der Waals surface area contributed by atoms with Crippen molar-refractivity contribution in [2.45, 2.75) is 45.2 Å². The third-order valence-corrected chi connectivity index (χ3v) is 3.57. The van der Waals surface area contributed by atoms with E-state index in [1.165, 1.54) is 0 Å². The van der Waals surface area contributed by atoms with Gasteiger partial charge in [0, 0.05) is 19.3 Å². The van der Waals surface area contributed by atoms with Crippen LogP contribution in [0.3, 0.4) is 0 Å². The molecule has 0 saturated carbocycles. The van der Waals surface area contributed by atoms with Crippen LogP contribution in [0.15, 0.2) is 11.2 Å². The molecule has 0 unspecified atom stereocenters. The van der Waals surface area contributed by atoms with Crippen LogP contribution >= 0.6 is 0 Å². The molecular formula is C10H19N3O2S. The van der Waals surface area contributed by atoms with Gasteiger partial charge in [-0.3, -0.25) is 0 Å². The smallest absolute Gasteiger partial charge is 0.259 e. The zero-order valence-electron chi connectivity index (χ0n) is 10.0. The second kappa shape index (κ2) is 5.45. The molecule has 1 aromatic heterocycles. The van der Waals surface area contributed by atoms with Crippen LogP contribution in [0.2, 0.25) is 0 Å². The molecule has 1 rings (SSSR count). The first-order valence-corrected chi connectivity index (χ1v) is 7.03. The highest BCUT2D eigenvalue weighted by atomic mass is 32.2. The molecule has 0 aliphatic heterocycles. The summed E-state index contributed by atoms with van der Waals surface area (Å²) < 4.78 is 27.9. The molecule has 0 radical (unpaired) electrons. The Hall–Kier alpha value is -0.880. The molecule has 1 heterocycles. The van der Waals surface area contributed by atoms with Gasteiger partial charge in [-0.2, -0.15) is 0 Å². The maximum atomic E-state index is 11.8. The van der Waals surface area contributed by atoms with Gasteiger partial charge in [0.05, 0.1) is 0 Å². The van der Waals surface area contributed by atoms with Gasteiger partial charge in [0.2, 0.25) is 0 Å². The largest absolute Gasteiger partial charge is 0.334 e. The first kappa shape index (κ1) is 13.2. The number of hydrogen-bond donors (Lipinski definition) is 1. The SMILES string of the molecule is CCCNS(=O)(=O)c1cn(CCC)c(C)n1. The lowest BCUT2D eigenvalue weighted by Gasteiger charge is -2.01. The van der Waals surface area contributed by atoms with Gasteiger partial charge in [-0.25, -0.2) is 18.1 Å². The van der Waals surface area contributed by atoms with E-state index in [0.717, 1.165) is 25.2 Å². The molecule has 0 atom stereocenters. The third kappa shape index (κ3) is 3.05. The minimum Gasteiger partial charge on any atom is -0.334 e. The molecule has 0 aromatic carbocycles. The lowest BCUT2D eigenvalue weighted by atomic mass is 10.5. The Kier molecular flexibility index (Phi) is 4.49. The molecule has 5 nitrogen and oxygen atoms in total. The Bertz CT molecular complexity index is 437. The second-order valence-electron chi connectivity index (χ2n) is 3.72. The molecule has 1 N–H and O–H groups in total. The van der Waals surface area contributed by atoms with E-state index >= 15 is 0 Å². The molecule has 0 amide bonds. The number of aryl methyl sites for hydroxylation is 2. The Balaban J connectivity index is 2.91. The first-order chi connectivity index (χ1) is 7.51. The fourth-order valence-electron chi connectivity index (χ4n) is 1.39. The van der Waals surface area contributed by atoms with Gasteiger partial charge in [0.15, 0.2) is 5.03 Å². The summed E-state index contributed by atoms with van der Waals surface area (Å²) in [4.78, 5) is 4.07. The van der Waals surface area contributed by atoms with Gasteiger partial charge in [0.25, 0.3) is 10.0 Å². The Morgan fingerprint density at radius 3 is 2.62 bits per heavy atom. The maximum Gasteiger partial charge on any atom is 0.259 e. The minimum atomic E-state index is -3.42. The van der Waals surface area contributed by atoms with E-state index in [0.29, 0.717) is 6.54 Å². The van der Waals surface area contributed by atoms with Crippen LogP contribution in [0.1, 0.15) is 32.5 Å². The minimum absolute atomic E-state index is 0.118. The van der Waals surface area contributed by atoms with Crippen molar-refractivity contribution in [3.05, 3.63) is 12.0 Å². The topological polar surface area (TPSA) is 64.0 Å². The van der Waals surface area contributed by atoms with Gasteiger partial charge < -0.3 is 4.57 Å². The molecule has 6 heteroatoms. The maximum absolute atomic E-state index is 11.8. The molecule has 0 bridgehead atoms. The van der Waals surface area contributed by atoms with Crippen molar-refractivity contribution in [2.75, 3.05) is 6.54 Å². The van der Waals surface area contributed by atoms with Crippen LogP contribution in [0.5, 0.6) is 0 Å². The summed E-state index contributed by atoms with van der Waals surface area (Å²) in [5.41, 5.74) is 0. The molecule has 0 aliphatic rings. The van der Waals surface area contributed by atoms with Crippen molar-refractivity contribution in [1.82, 2.24) is 14.3 Å². The summed E-state index contributed by atoms with van der Waals surface area (Å²) in [5, 5.41) is 0.118. The first-order valence-electron chi connectivity index (χ1n) is 5.54. The van der Waals surface area contributed by atoms with Crippen LogP contribution in [0.4, 0.5) is 0 Å². The normalized spacial score (nSPS) is 11.9. The highest BCUT2D eigenvalue weighted by molar-refractivity contribution is 7.89. The van der Waals surface area contributed by atoms with E-state index in [-0.39, 0.29) is 5.03 Å². The van der Waals surface area contributed by atoms with Crippen molar-refractivity contribution in [1.29, 1.82) is 0 Å². The summed E-state index contributed by atoms with van der Waals surface area (Å²) >= 11 is 0. The zero-order valence-corrected chi connectivity index (χ0v) is 10.8. The fourth-order valence-corrected chi connectivity index (χ4v) is 2.53. The lowest BCUT2D eigenvalue weighted by Crippen LogP contribution is -2.24. The monoisotopic (exact) mass is 245 g/mol. The second-order valence-corrected chi connectivity index (χ2v) is 5.43. The number of imidazole rings is 1. The van der Waals surface area contributed by atoms with E-state index in [2.05, 4.69) is 9.71 Å². The molecule has 0 spiro atoms. The molecule has 16 heavy (non-hydrogen) atoms. The molecule has 0 saturated heterocycles. The fraction of sp³-hybridized carbons (Fsp3) is 0.700. The van der Waals surface area contributed by atoms with E-state index in [1.807, 2.05) is 25.3 Å². The van der Waals surface area contributed by atoms with Crippen molar-refractivity contribution in [3.63, 3.8) is 0 Å². The van der Waals surface area contributed by atoms with Gasteiger partial charge >= 0.3 is 0 Å². The van der Waals surface area contributed by atoms with Crippen molar-refractivity contribution < 1.29 is 8.42 Å². The molecule has 92 valence electrons. The molecule has 1 aromatic rings. The van der Waals surface area contributed by atoms with Gasteiger partial charge in [-0.1, -0.05) is 13.8 Å². The lowest BCUT2D eigenvalue weighted by molar-refractivity contribution is 0.577. The van der Waals surface area contributed by atoms with Crippen LogP contribution in [0.25, 0.3) is 0 Å². The highest BCUT2D eigenvalue weighted by Crippen LogP contribution is 2.09. The van der Waals surface area contributed by atoms with E-state index in [9.17, 15) is 8.42 Å². The molecule has 0 fully saturated rings. The summed E-state index contributed by atoms with van der Waals surface area (Å²) in [7, 11) is -3.42. The number of sulfonamides is 1. The van der Waals surface area contributed by atoms with Crippen LogP contribution < -0.4 is 4.72 Å². The third-order valence-electron chi connectivity index (χ3n) is 2.24. The van der Waals surface area contributed by atoms with Crippen molar-refractivity contribution >= 4 is 10.0 Å². The van der Waals surface area contributed by atoms with Gasteiger partial charge in [-0.15, -0.1) is 0 Å². The molecule has 0 aliphatic carbocycles.